The first kappa shape index (κ1) is 149. The van der Waals surface area contributed by atoms with Crippen LogP contribution in [0.2, 0.25) is 18.1 Å². The molecule has 2 N–H and O–H groups in total. The van der Waals surface area contributed by atoms with Gasteiger partial charge in [0.25, 0.3) is 0 Å². The van der Waals surface area contributed by atoms with Gasteiger partial charge in [-0.2, -0.15) is 0 Å². The fourth-order valence-electron chi connectivity index (χ4n) is 4.49. The van der Waals surface area contributed by atoms with Crippen LogP contribution in [0.4, 0.5) is 0 Å². The molecule has 0 saturated heterocycles. The van der Waals surface area contributed by atoms with Crippen LogP contribution in [0.3, 0.4) is 0 Å². The Morgan fingerprint density at radius 1 is 0.434 bits per heavy atom. The molecule has 0 heterocycles. The molecule has 0 fully saturated rings. The van der Waals surface area contributed by atoms with Gasteiger partial charge in [-0.05, 0) is 109 Å². The summed E-state index contributed by atoms with van der Waals surface area (Å²) < 4.78 is 92.3. The predicted molar refractivity (Wildman–Crippen MR) is 508 cm³/mol. The maximum atomic E-state index is 11.0. The monoisotopic (exact) mass is 2030 g/mol. The van der Waals surface area contributed by atoms with E-state index in [1.807, 2.05) is 69.2 Å². The number of esters is 9. The lowest BCUT2D eigenvalue weighted by molar-refractivity contribution is -0.287. The quantitative estimate of drug-likeness (QED) is 0.0123. The van der Waals surface area contributed by atoms with E-state index in [9.17, 15) is 43.2 Å². The molecule has 0 aliphatic carbocycles. The minimum atomic E-state index is -2.81. The summed E-state index contributed by atoms with van der Waals surface area (Å²) in [7, 11) is 1.35. The van der Waals surface area contributed by atoms with E-state index in [-0.39, 0.29) is 90.9 Å². The van der Waals surface area contributed by atoms with Crippen molar-refractivity contribution in [2.24, 2.45) is 0 Å². The Morgan fingerprint density at radius 3 is 1.03 bits per heavy atom. The molecule has 0 aliphatic heterocycles. The third kappa shape index (κ3) is 170. The standard InChI is InChI=1S/C9H18O4Si.C8H14O5Si.C8H16O4Si.C6H11ClO3Si.C6H12O3Si.C5H10O3Si.C5H14OSi.C4H5Cl3O2Si.C4H8O3Si.2C4H10O2.2C3H10OSi.C2H6O2/c1-7(2)9(10)12-6-14(11-5)13-8(3)4;1-6(2)8(10)12-4-7(9)13-5-14-11-3;1-5-12-13(10-4)6-11-8(9)7(2)3;1-5(2)6(8)10-4-11(7)9-3;1-3-6(7)8-5-10-9-4-2;1-4(2)5(6)8-3-9-7;1-5(2,3)7-6-4;1-2-4(8)9-3-10(5,6)7;1-2-4(5)7-3-8-6;2*1-3-5-6-4-2;2*1-3-4-5-2;1-3-4-2/h8,14H,1,6H2,2-5H3;1,4-5,14H2,2-3H3;13H,2,5-6H2,1,3-4H3;11H,1,4H2,2-3H3;3H,1,4-5,10H2,2H3;7H,1,3,9H2,2H3;7H2,1-4H3;2H,1,3H2;2,6H,1,3,8H2;2*3-4H2,1-2H3;2*3,5H2,1-2H3;1-2H3. The van der Waals surface area contributed by atoms with Gasteiger partial charge in [0, 0.05) is 114 Å². The zero-order chi connectivity index (χ0) is 98.2. The maximum absolute atomic E-state index is 11.0. The lowest BCUT2D eigenvalue weighted by Gasteiger charge is -2.16. The van der Waals surface area contributed by atoms with Crippen LogP contribution in [0.15, 0.2) is 98.7 Å². The fourth-order valence-corrected chi connectivity index (χ4v) is 11.6. The van der Waals surface area contributed by atoms with Gasteiger partial charge in [-0.3, -0.25) is 0 Å². The average molecular weight is 2030 g/mol. The first-order valence-corrected chi connectivity index (χ1v) is 61.3. The van der Waals surface area contributed by atoms with E-state index < -0.39 is 120 Å². The second-order valence-electron chi connectivity index (χ2n) is 22.6. The number of hydrogen-bond donors (Lipinski definition) is 2. The van der Waals surface area contributed by atoms with Gasteiger partial charge in [0.05, 0.1) is 40.6 Å². The van der Waals surface area contributed by atoms with Crippen LogP contribution in [0, 0.1) is 0 Å². The molecule has 0 rings (SSSR count). The Labute approximate surface area is 769 Å². The molecule has 3 atom stereocenters. The van der Waals surface area contributed by atoms with Crippen LogP contribution < -0.4 is 0 Å². The zero-order valence-electron chi connectivity index (χ0n) is 78.0. The van der Waals surface area contributed by atoms with E-state index in [4.69, 9.17) is 117 Å². The molecule has 726 valence electrons. The summed E-state index contributed by atoms with van der Waals surface area (Å²) >= 11 is 21.8. The van der Waals surface area contributed by atoms with Crippen molar-refractivity contribution >= 4 is 199 Å². The van der Waals surface area contributed by atoms with Crippen molar-refractivity contribution in [3.05, 3.63) is 98.7 Å². The molecular formula is C71H154Cl4O36Si11. The minimum absolute atomic E-state index is 0.0860. The molecule has 36 nitrogen and oxygen atoms in total. The van der Waals surface area contributed by atoms with Gasteiger partial charge in [0.15, 0.2) is 55.4 Å². The van der Waals surface area contributed by atoms with Crippen molar-refractivity contribution in [2.45, 2.75) is 149 Å². The van der Waals surface area contributed by atoms with E-state index in [1.165, 1.54) is 28.3 Å². The van der Waals surface area contributed by atoms with Crippen LogP contribution >= 0.6 is 44.3 Å². The smallest absolute Gasteiger partial charge is 0.378 e. The molecule has 122 heavy (non-hydrogen) atoms. The van der Waals surface area contributed by atoms with Gasteiger partial charge in [-0.25, -0.2) is 72.5 Å². The normalized spacial score (nSPS) is 10.9. The second-order valence-corrected chi connectivity index (χ2v) is 47.9. The summed E-state index contributed by atoms with van der Waals surface area (Å²) in [6, 6.07) is -2.81. The molecule has 0 amide bonds. The van der Waals surface area contributed by atoms with E-state index in [0.29, 0.717) is 79.4 Å². The highest BCUT2D eigenvalue weighted by Gasteiger charge is 2.27. The van der Waals surface area contributed by atoms with Crippen LogP contribution in [0.1, 0.15) is 125 Å². The van der Waals surface area contributed by atoms with Crippen LogP contribution in [0.5, 0.6) is 0 Å². The van der Waals surface area contributed by atoms with Crippen molar-refractivity contribution < 1.29 is 169 Å². The van der Waals surface area contributed by atoms with Gasteiger partial charge in [-0.15, -0.1) is 44.3 Å². The Hall–Kier alpha value is -4.02. The molecule has 0 aromatic heterocycles. The van der Waals surface area contributed by atoms with Gasteiger partial charge in [0.2, 0.25) is 19.5 Å². The number of carbonyl (C=O) groups is 9. The van der Waals surface area contributed by atoms with Crippen LogP contribution in [-0.4, -0.2) is 330 Å². The Bertz CT molecular complexity index is 2510. The molecule has 3 unspecified atom stereocenters. The number of ether oxygens (including phenoxy) is 9. The maximum Gasteiger partial charge on any atom is 0.378 e. The number of hydrogen-bond acceptors (Lipinski definition) is 36. The Morgan fingerprint density at radius 2 is 0.770 bits per heavy atom. The third-order valence-electron chi connectivity index (χ3n) is 9.63. The summed E-state index contributed by atoms with van der Waals surface area (Å²) in [6.07, 6.45) is 4.96. The fraction of sp³-hybridized carbons (Fsp3) is 0.648. The minimum Gasteiger partial charge on any atom is -0.465 e. The van der Waals surface area contributed by atoms with Gasteiger partial charge >= 0.3 is 86.6 Å². The predicted octanol–water partition coefficient (Wildman–Crippen LogP) is 4.55. The summed E-state index contributed by atoms with van der Waals surface area (Å²) in [5, 5.41) is 0.467. The van der Waals surface area contributed by atoms with E-state index in [2.05, 4.69) is 140 Å². The SMILES string of the molecule is C=C(C)C(=O)OCC(=O)OC[SiH2]OC.C=C(C)C(=O)OC[SiH2]O.C=C(C)C(=O)OC[SiH](Cl)OC.C=C(C)C(=O)OC[SiH](OC)OC(C)C.C=C(C)C(=O)OC[SiH](OC)OCC.C=CC(=O)OC[SiH2]O.C=CC(=O)OC[SiH2]OCC.C=CC(=O)OC[Si](Cl)(Cl)Cl.CCOOCC.CCOOCC.CCO[SiH2]C.CCO[SiH2]C.COOC.CO[SiH2]C(C)(C)C. The summed E-state index contributed by atoms with van der Waals surface area (Å²) in [5.41, 5.74) is 1.78. The van der Waals surface area contributed by atoms with Crippen LogP contribution in [0.25, 0.3) is 0 Å². The van der Waals surface area contributed by atoms with E-state index >= 15 is 0 Å². The summed E-state index contributed by atoms with van der Waals surface area (Å²) in [4.78, 5) is 138. The highest BCUT2D eigenvalue weighted by molar-refractivity contribution is 7.64. The lowest BCUT2D eigenvalue weighted by Crippen LogP contribution is -2.32. The van der Waals surface area contributed by atoms with E-state index in [0.717, 1.165) is 31.4 Å². The first-order valence-electron chi connectivity index (χ1n) is 37.8. The van der Waals surface area contributed by atoms with Crippen molar-refractivity contribution in [3.8, 4) is 0 Å². The van der Waals surface area contributed by atoms with Crippen LogP contribution in [-0.2, 0) is 159 Å². The van der Waals surface area contributed by atoms with Gasteiger partial charge in [0.1, 0.15) is 49.8 Å². The Kier molecular flexibility index (Phi) is 148. The van der Waals surface area contributed by atoms with Crippen molar-refractivity contribution in [1.29, 1.82) is 0 Å². The zero-order valence-corrected chi connectivity index (χ0v) is 95.3. The number of rotatable bonds is 48. The molecule has 0 aromatic rings. The molecule has 0 radical (unpaired) electrons. The second kappa shape index (κ2) is 121. The molecule has 0 bridgehead atoms. The largest absolute Gasteiger partial charge is 0.465 e. The molecule has 0 aromatic carbocycles. The van der Waals surface area contributed by atoms with E-state index in [1.54, 1.807) is 56.1 Å². The Balaban J connectivity index is -0.0000000869. The number of carbonyl (C=O) groups excluding carboxylic acids is 9. The topological polar surface area (TPSA) is 425 Å². The molecule has 0 spiro atoms. The average Bonchev–Trinajstić information content (AvgIpc) is 0.967. The molecule has 51 heteroatoms. The highest BCUT2D eigenvalue weighted by Crippen LogP contribution is 2.20. The highest BCUT2D eigenvalue weighted by atomic mass is 35.8. The van der Waals surface area contributed by atoms with Crippen molar-refractivity contribution in [3.63, 3.8) is 0 Å². The van der Waals surface area contributed by atoms with Crippen molar-refractivity contribution in [2.75, 3.05) is 159 Å². The van der Waals surface area contributed by atoms with Gasteiger partial charge < -0.3 is 96.5 Å². The first-order chi connectivity index (χ1) is 57.1. The van der Waals surface area contributed by atoms with Gasteiger partial charge in [-0.1, -0.05) is 86.5 Å². The number of halogens is 4. The molecular weight excluding hydrogens is 1880 g/mol. The summed E-state index contributed by atoms with van der Waals surface area (Å²) in [6.45, 7) is 69.9. The lowest BCUT2D eigenvalue weighted by atomic mass is 10.3. The third-order valence-corrected chi connectivity index (χ3v) is 21.8. The summed E-state index contributed by atoms with van der Waals surface area (Å²) in [5.74, 6) is -4.19. The van der Waals surface area contributed by atoms with Crippen molar-refractivity contribution in [1.82, 2.24) is 0 Å². The molecule has 0 aliphatic rings. The molecule has 0 saturated carbocycles.